The molecule has 1 aliphatic heterocycles. The highest BCUT2D eigenvalue weighted by molar-refractivity contribution is 5.96. The molecule has 0 bridgehead atoms. The van der Waals surface area contributed by atoms with Crippen molar-refractivity contribution in [2.24, 2.45) is 0 Å². The summed E-state index contributed by atoms with van der Waals surface area (Å²) in [4.78, 5) is 22.6. The van der Waals surface area contributed by atoms with Crippen LogP contribution in [0.15, 0.2) is 54.9 Å². The molecule has 1 N–H and O–H groups in total. The Morgan fingerprint density at radius 1 is 1.00 bits per heavy atom. The lowest BCUT2D eigenvalue weighted by molar-refractivity contribution is 0.00590. The highest BCUT2D eigenvalue weighted by atomic mass is 16.3. The van der Waals surface area contributed by atoms with E-state index in [4.69, 9.17) is 0 Å². The number of β-amino-alcohol motifs (C(OH)–C–C–N with tert-alkyl or cyclic N) is 1. The minimum absolute atomic E-state index is 0.0438. The third kappa shape index (κ3) is 2.55. The van der Waals surface area contributed by atoms with Gasteiger partial charge in [0, 0.05) is 31.0 Å². The van der Waals surface area contributed by atoms with Crippen LogP contribution >= 0.6 is 0 Å². The number of fused-ring (bicyclic) bond motifs is 1. The first kappa shape index (κ1) is 13.8. The average Bonchev–Trinajstić information content (AvgIpc) is 2.58. The van der Waals surface area contributed by atoms with E-state index >= 15 is 0 Å². The first-order valence-electron chi connectivity index (χ1n) is 7.49. The molecule has 4 rings (SSSR count). The Labute approximate surface area is 133 Å². The smallest absolute Gasteiger partial charge is 0.254 e. The number of aliphatic hydroxyl groups excluding tert-OH is 1. The van der Waals surface area contributed by atoms with Crippen LogP contribution in [0.4, 0.5) is 0 Å². The van der Waals surface area contributed by atoms with Gasteiger partial charge in [-0.15, -0.1) is 0 Å². The largest absolute Gasteiger partial charge is 0.389 e. The lowest BCUT2D eigenvalue weighted by Gasteiger charge is -2.35. The van der Waals surface area contributed by atoms with Crippen molar-refractivity contribution in [2.75, 3.05) is 13.1 Å². The van der Waals surface area contributed by atoms with Crippen molar-refractivity contribution in [3.05, 3.63) is 60.4 Å². The molecule has 2 heterocycles. The quantitative estimate of drug-likeness (QED) is 0.787. The molecular formula is C18H15N3O2. The molecular weight excluding hydrogens is 290 g/mol. The first-order chi connectivity index (χ1) is 11.2. The molecule has 0 atom stereocenters. The number of benzene rings is 2. The van der Waals surface area contributed by atoms with Gasteiger partial charge in [-0.05, 0) is 35.4 Å². The molecule has 1 fully saturated rings. The fourth-order valence-electron chi connectivity index (χ4n) is 2.78. The average molecular weight is 305 g/mol. The number of carbonyl (C=O) groups is 1. The van der Waals surface area contributed by atoms with E-state index in [1.807, 2.05) is 36.4 Å². The van der Waals surface area contributed by atoms with Crippen LogP contribution in [0.5, 0.6) is 0 Å². The van der Waals surface area contributed by atoms with Crippen LogP contribution in [0.3, 0.4) is 0 Å². The molecule has 5 heteroatoms. The van der Waals surface area contributed by atoms with Gasteiger partial charge >= 0.3 is 0 Å². The fourth-order valence-corrected chi connectivity index (χ4v) is 2.78. The van der Waals surface area contributed by atoms with E-state index < -0.39 is 0 Å². The molecule has 3 aromatic rings. The standard InChI is InChI=1S/C18H15N3O2/c22-15-10-21(11-15)18(23)14-3-1-2-12(8-14)13-4-5-16-17(9-13)20-7-6-19-16/h1-9,15,22H,10-11H2. The van der Waals surface area contributed by atoms with E-state index in [9.17, 15) is 9.90 Å². The number of hydrogen-bond donors (Lipinski definition) is 1. The molecule has 0 spiro atoms. The van der Waals surface area contributed by atoms with Crippen LogP contribution in [-0.2, 0) is 0 Å². The summed E-state index contributed by atoms with van der Waals surface area (Å²) in [7, 11) is 0. The highest BCUT2D eigenvalue weighted by Gasteiger charge is 2.29. The molecule has 0 saturated carbocycles. The zero-order chi connectivity index (χ0) is 15.8. The molecule has 23 heavy (non-hydrogen) atoms. The number of hydrogen-bond acceptors (Lipinski definition) is 4. The topological polar surface area (TPSA) is 66.3 Å². The molecule has 2 aromatic carbocycles. The zero-order valence-electron chi connectivity index (χ0n) is 12.4. The molecule has 1 aromatic heterocycles. The van der Waals surface area contributed by atoms with Gasteiger partial charge < -0.3 is 10.0 Å². The summed E-state index contributed by atoms with van der Waals surface area (Å²) in [6, 6.07) is 13.4. The van der Waals surface area contributed by atoms with Crippen molar-refractivity contribution < 1.29 is 9.90 Å². The van der Waals surface area contributed by atoms with Crippen LogP contribution < -0.4 is 0 Å². The third-order valence-electron chi connectivity index (χ3n) is 4.06. The van der Waals surface area contributed by atoms with Crippen LogP contribution in [0.2, 0.25) is 0 Å². The van der Waals surface area contributed by atoms with E-state index in [2.05, 4.69) is 9.97 Å². The van der Waals surface area contributed by atoms with E-state index in [-0.39, 0.29) is 12.0 Å². The van der Waals surface area contributed by atoms with Crippen LogP contribution in [0.25, 0.3) is 22.2 Å². The summed E-state index contributed by atoms with van der Waals surface area (Å²) >= 11 is 0. The molecule has 1 saturated heterocycles. The number of amides is 1. The second-order valence-electron chi connectivity index (χ2n) is 5.70. The minimum Gasteiger partial charge on any atom is -0.389 e. The second-order valence-corrected chi connectivity index (χ2v) is 5.70. The summed E-state index contributed by atoms with van der Waals surface area (Å²) in [6.45, 7) is 0.823. The minimum atomic E-state index is -0.388. The Bertz CT molecular complexity index is 888. The number of carbonyl (C=O) groups excluding carboxylic acids is 1. The molecule has 0 radical (unpaired) electrons. The fraction of sp³-hybridized carbons (Fsp3) is 0.167. The number of aliphatic hydroxyl groups is 1. The monoisotopic (exact) mass is 305 g/mol. The van der Waals surface area contributed by atoms with Gasteiger partial charge in [0.05, 0.1) is 17.1 Å². The first-order valence-corrected chi connectivity index (χ1v) is 7.49. The number of nitrogens with zero attached hydrogens (tertiary/aromatic N) is 3. The predicted molar refractivity (Wildman–Crippen MR) is 86.9 cm³/mol. The van der Waals surface area contributed by atoms with Gasteiger partial charge in [-0.3, -0.25) is 14.8 Å². The molecule has 0 aliphatic carbocycles. The van der Waals surface area contributed by atoms with Gasteiger partial charge in [-0.2, -0.15) is 0 Å². The number of likely N-dealkylation sites (tertiary alicyclic amines) is 1. The Morgan fingerprint density at radius 2 is 1.74 bits per heavy atom. The molecule has 0 unspecified atom stereocenters. The molecule has 1 amide bonds. The predicted octanol–water partition coefficient (Wildman–Crippen LogP) is 2.11. The van der Waals surface area contributed by atoms with Crippen molar-refractivity contribution in [3.63, 3.8) is 0 Å². The number of rotatable bonds is 2. The summed E-state index contributed by atoms with van der Waals surface area (Å²) in [5, 5.41) is 9.34. The van der Waals surface area contributed by atoms with Gasteiger partial charge in [-0.25, -0.2) is 0 Å². The third-order valence-corrected chi connectivity index (χ3v) is 4.06. The van der Waals surface area contributed by atoms with Crippen molar-refractivity contribution in [1.29, 1.82) is 0 Å². The maximum atomic E-state index is 12.4. The van der Waals surface area contributed by atoms with Gasteiger partial charge in [-0.1, -0.05) is 18.2 Å². The maximum Gasteiger partial charge on any atom is 0.254 e. The Balaban J connectivity index is 1.68. The van der Waals surface area contributed by atoms with E-state index in [0.29, 0.717) is 18.7 Å². The maximum absolute atomic E-state index is 12.4. The Kier molecular flexibility index (Phi) is 3.28. The van der Waals surface area contributed by atoms with Gasteiger partial charge in [0.1, 0.15) is 0 Å². The van der Waals surface area contributed by atoms with Gasteiger partial charge in [0.2, 0.25) is 0 Å². The summed E-state index contributed by atoms with van der Waals surface area (Å²) in [5.74, 6) is -0.0438. The van der Waals surface area contributed by atoms with Crippen molar-refractivity contribution >= 4 is 16.9 Å². The SMILES string of the molecule is O=C(c1cccc(-c2ccc3nccnc3c2)c1)N1CC(O)C1. The van der Waals surface area contributed by atoms with Gasteiger partial charge in [0.25, 0.3) is 5.91 Å². The summed E-state index contributed by atoms with van der Waals surface area (Å²) in [6.07, 6.45) is 2.95. The normalized spacial score (nSPS) is 14.7. The zero-order valence-corrected chi connectivity index (χ0v) is 12.4. The van der Waals surface area contributed by atoms with Crippen molar-refractivity contribution in [1.82, 2.24) is 14.9 Å². The summed E-state index contributed by atoms with van der Waals surface area (Å²) < 4.78 is 0. The highest BCUT2D eigenvalue weighted by Crippen LogP contribution is 2.24. The number of aromatic nitrogens is 2. The van der Waals surface area contributed by atoms with Crippen LogP contribution in [0, 0.1) is 0 Å². The van der Waals surface area contributed by atoms with Crippen LogP contribution in [-0.4, -0.2) is 45.1 Å². The molecule has 5 nitrogen and oxygen atoms in total. The lowest BCUT2D eigenvalue weighted by atomic mass is 10.0. The van der Waals surface area contributed by atoms with Gasteiger partial charge in [0.15, 0.2) is 0 Å². The van der Waals surface area contributed by atoms with E-state index in [1.54, 1.807) is 23.4 Å². The van der Waals surface area contributed by atoms with Crippen molar-refractivity contribution in [3.8, 4) is 11.1 Å². The summed E-state index contributed by atoms with van der Waals surface area (Å²) in [5.41, 5.74) is 4.26. The Morgan fingerprint density at radius 3 is 2.52 bits per heavy atom. The molecule has 1 aliphatic rings. The van der Waals surface area contributed by atoms with E-state index in [0.717, 1.165) is 22.2 Å². The van der Waals surface area contributed by atoms with Crippen LogP contribution in [0.1, 0.15) is 10.4 Å². The lowest BCUT2D eigenvalue weighted by Crippen LogP contribution is -2.53. The Hall–Kier alpha value is -2.79. The second kappa shape index (κ2) is 5.44. The van der Waals surface area contributed by atoms with Crippen molar-refractivity contribution in [2.45, 2.75) is 6.10 Å². The van der Waals surface area contributed by atoms with E-state index in [1.165, 1.54) is 0 Å². The molecule has 114 valence electrons.